The van der Waals surface area contributed by atoms with Gasteiger partial charge >= 0.3 is 5.97 Å². The van der Waals surface area contributed by atoms with E-state index in [9.17, 15) is 4.79 Å². The normalized spacial score (nSPS) is 9.95. The van der Waals surface area contributed by atoms with Gasteiger partial charge < -0.3 is 15.2 Å². The fourth-order valence-electron chi connectivity index (χ4n) is 1.59. The van der Waals surface area contributed by atoms with Gasteiger partial charge in [0.15, 0.2) is 5.69 Å². The maximum atomic E-state index is 10.8. The van der Waals surface area contributed by atoms with Crippen LogP contribution in [0.15, 0.2) is 36.7 Å². The monoisotopic (exact) mass is 259 g/mol. The molecule has 1 aromatic carbocycles. The SMILES string of the molecule is COc1ccccc1CNc1cncc(C(=O)O)n1. The second kappa shape index (κ2) is 5.81. The minimum Gasteiger partial charge on any atom is -0.496 e. The number of aromatic carboxylic acids is 1. The number of carboxylic acid groups (broad SMARTS) is 1. The molecule has 0 bridgehead atoms. The average Bonchev–Trinajstić information content (AvgIpc) is 2.45. The van der Waals surface area contributed by atoms with Crippen LogP contribution in [-0.2, 0) is 6.54 Å². The standard InChI is InChI=1S/C13H13N3O3/c1-19-11-5-3-2-4-9(11)6-15-12-8-14-7-10(16-12)13(17)18/h2-5,7-8H,6H2,1H3,(H,15,16)(H,17,18). The maximum absolute atomic E-state index is 10.8. The van der Waals surface area contributed by atoms with Crippen molar-refractivity contribution in [1.82, 2.24) is 9.97 Å². The number of nitrogens with zero attached hydrogens (tertiary/aromatic N) is 2. The lowest BCUT2D eigenvalue weighted by Gasteiger charge is -2.09. The van der Waals surface area contributed by atoms with Crippen LogP contribution < -0.4 is 10.1 Å². The van der Waals surface area contributed by atoms with Crippen LogP contribution in [0.3, 0.4) is 0 Å². The molecular weight excluding hydrogens is 246 g/mol. The molecule has 0 unspecified atom stereocenters. The molecule has 1 aromatic heterocycles. The summed E-state index contributed by atoms with van der Waals surface area (Å²) in [6.45, 7) is 0.474. The Hall–Kier alpha value is -2.63. The highest BCUT2D eigenvalue weighted by atomic mass is 16.5. The molecule has 2 N–H and O–H groups in total. The Kier molecular flexibility index (Phi) is 3.92. The third kappa shape index (κ3) is 3.19. The van der Waals surface area contributed by atoms with Crippen molar-refractivity contribution in [3.63, 3.8) is 0 Å². The Morgan fingerprint density at radius 2 is 2.16 bits per heavy atom. The zero-order valence-corrected chi connectivity index (χ0v) is 10.3. The summed E-state index contributed by atoms with van der Waals surface area (Å²) >= 11 is 0. The molecule has 0 saturated carbocycles. The Morgan fingerprint density at radius 1 is 1.37 bits per heavy atom. The van der Waals surface area contributed by atoms with E-state index in [1.807, 2.05) is 24.3 Å². The number of rotatable bonds is 5. The van der Waals surface area contributed by atoms with Gasteiger partial charge in [-0.15, -0.1) is 0 Å². The minimum absolute atomic E-state index is 0.0926. The number of benzene rings is 1. The van der Waals surface area contributed by atoms with Crippen LogP contribution in [0.2, 0.25) is 0 Å². The number of anilines is 1. The van der Waals surface area contributed by atoms with Crippen LogP contribution in [0, 0.1) is 0 Å². The smallest absolute Gasteiger partial charge is 0.356 e. The lowest BCUT2D eigenvalue weighted by molar-refractivity contribution is 0.0690. The summed E-state index contributed by atoms with van der Waals surface area (Å²) < 4.78 is 5.23. The lowest BCUT2D eigenvalue weighted by atomic mass is 10.2. The Bertz CT molecular complexity index is 587. The molecule has 6 nitrogen and oxygen atoms in total. The van der Waals surface area contributed by atoms with Gasteiger partial charge in [0.25, 0.3) is 0 Å². The maximum Gasteiger partial charge on any atom is 0.356 e. The second-order valence-electron chi connectivity index (χ2n) is 3.76. The molecule has 2 aromatic rings. The van der Waals surface area contributed by atoms with E-state index in [1.165, 1.54) is 12.4 Å². The first-order chi connectivity index (χ1) is 9.20. The topological polar surface area (TPSA) is 84.3 Å². The molecule has 0 amide bonds. The van der Waals surface area contributed by atoms with Crippen molar-refractivity contribution in [3.05, 3.63) is 47.9 Å². The largest absolute Gasteiger partial charge is 0.496 e. The van der Waals surface area contributed by atoms with Crippen LogP contribution in [0.1, 0.15) is 16.1 Å². The van der Waals surface area contributed by atoms with Crippen LogP contribution in [0.4, 0.5) is 5.82 Å². The van der Waals surface area contributed by atoms with Gasteiger partial charge in [-0.25, -0.2) is 9.78 Å². The molecule has 0 atom stereocenters. The third-order valence-electron chi connectivity index (χ3n) is 2.51. The van der Waals surface area contributed by atoms with Gasteiger partial charge in [-0.2, -0.15) is 0 Å². The molecule has 6 heteroatoms. The molecule has 19 heavy (non-hydrogen) atoms. The number of methoxy groups -OCH3 is 1. The van der Waals surface area contributed by atoms with Crippen molar-refractivity contribution in [2.75, 3.05) is 12.4 Å². The number of ether oxygens (including phenoxy) is 1. The zero-order valence-electron chi connectivity index (χ0n) is 10.3. The second-order valence-corrected chi connectivity index (χ2v) is 3.76. The van der Waals surface area contributed by atoms with E-state index in [1.54, 1.807) is 7.11 Å². The first-order valence-corrected chi connectivity index (χ1v) is 5.62. The fourth-order valence-corrected chi connectivity index (χ4v) is 1.59. The lowest BCUT2D eigenvalue weighted by Crippen LogP contribution is -2.07. The molecule has 0 aliphatic rings. The summed E-state index contributed by atoms with van der Waals surface area (Å²) in [4.78, 5) is 18.5. The molecule has 0 aliphatic heterocycles. The Balaban J connectivity index is 2.10. The van der Waals surface area contributed by atoms with Gasteiger partial charge in [0.05, 0.1) is 19.5 Å². The van der Waals surface area contributed by atoms with E-state index in [2.05, 4.69) is 15.3 Å². The van der Waals surface area contributed by atoms with E-state index < -0.39 is 5.97 Å². The number of hydrogen-bond acceptors (Lipinski definition) is 5. The number of carboxylic acids is 1. The first-order valence-electron chi connectivity index (χ1n) is 5.62. The minimum atomic E-state index is -1.10. The summed E-state index contributed by atoms with van der Waals surface area (Å²) in [6, 6.07) is 7.56. The molecular formula is C13H13N3O3. The van der Waals surface area contributed by atoms with Crippen LogP contribution in [-0.4, -0.2) is 28.2 Å². The van der Waals surface area contributed by atoms with Gasteiger partial charge in [-0.3, -0.25) is 4.98 Å². The van der Waals surface area contributed by atoms with Crippen molar-refractivity contribution in [3.8, 4) is 5.75 Å². The fraction of sp³-hybridized carbons (Fsp3) is 0.154. The first kappa shape index (κ1) is 12.8. The summed E-state index contributed by atoms with van der Waals surface area (Å²) in [6.07, 6.45) is 2.68. The van der Waals surface area contributed by atoms with Crippen molar-refractivity contribution in [2.45, 2.75) is 6.54 Å². The van der Waals surface area contributed by atoms with E-state index in [0.29, 0.717) is 12.4 Å². The van der Waals surface area contributed by atoms with Crippen molar-refractivity contribution < 1.29 is 14.6 Å². The van der Waals surface area contributed by atoms with Gasteiger partial charge in [-0.1, -0.05) is 18.2 Å². The van der Waals surface area contributed by atoms with Gasteiger partial charge in [0.2, 0.25) is 0 Å². The number of carbonyl (C=O) groups is 1. The predicted octanol–water partition coefficient (Wildman–Crippen LogP) is 1.80. The molecule has 0 fully saturated rings. The molecule has 0 spiro atoms. The van der Waals surface area contributed by atoms with E-state index >= 15 is 0 Å². The number of para-hydroxylation sites is 1. The summed E-state index contributed by atoms with van der Waals surface area (Å²) in [5, 5.41) is 11.8. The van der Waals surface area contributed by atoms with E-state index in [-0.39, 0.29) is 5.69 Å². The number of aromatic nitrogens is 2. The molecule has 98 valence electrons. The highest BCUT2D eigenvalue weighted by Gasteiger charge is 2.07. The third-order valence-corrected chi connectivity index (χ3v) is 2.51. The highest BCUT2D eigenvalue weighted by Crippen LogP contribution is 2.18. The Morgan fingerprint density at radius 3 is 2.89 bits per heavy atom. The molecule has 0 saturated heterocycles. The predicted molar refractivity (Wildman–Crippen MR) is 69.3 cm³/mol. The van der Waals surface area contributed by atoms with Crippen LogP contribution in [0.25, 0.3) is 0 Å². The molecule has 0 aliphatic carbocycles. The number of hydrogen-bond donors (Lipinski definition) is 2. The molecule has 2 rings (SSSR count). The average molecular weight is 259 g/mol. The van der Waals surface area contributed by atoms with Crippen molar-refractivity contribution in [1.29, 1.82) is 0 Å². The quantitative estimate of drug-likeness (QED) is 0.851. The van der Waals surface area contributed by atoms with Crippen LogP contribution >= 0.6 is 0 Å². The van der Waals surface area contributed by atoms with E-state index in [0.717, 1.165) is 11.3 Å². The van der Waals surface area contributed by atoms with Gasteiger partial charge in [0.1, 0.15) is 11.6 Å². The van der Waals surface area contributed by atoms with Gasteiger partial charge in [-0.05, 0) is 6.07 Å². The highest BCUT2D eigenvalue weighted by molar-refractivity contribution is 5.85. The molecule has 1 heterocycles. The zero-order chi connectivity index (χ0) is 13.7. The molecule has 0 radical (unpaired) electrons. The summed E-state index contributed by atoms with van der Waals surface area (Å²) in [5.41, 5.74) is 0.859. The Labute approximate surface area is 110 Å². The number of nitrogens with one attached hydrogen (secondary N) is 1. The van der Waals surface area contributed by atoms with Crippen molar-refractivity contribution >= 4 is 11.8 Å². The van der Waals surface area contributed by atoms with Crippen LogP contribution in [0.5, 0.6) is 5.75 Å². The van der Waals surface area contributed by atoms with Gasteiger partial charge in [0, 0.05) is 12.1 Å². The van der Waals surface area contributed by atoms with E-state index in [4.69, 9.17) is 9.84 Å². The summed E-state index contributed by atoms with van der Waals surface area (Å²) in [5.74, 6) is 0.0663. The van der Waals surface area contributed by atoms with Crippen molar-refractivity contribution in [2.24, 2.45) is 0 Å². The summed E-state index contributed by atoms with van der Waals surface area (Å²) in [7, 11) is 1.60.